The molecule has 100 valence electrons. The van der Waals surface area contributed by atoms with E-state index >= 15 is 0 Å². The van der Waals surface area contributed by atoms with Crippen LogP contribution in [0, 0.1) is 0 Å². The molecular formula is C11H21NO4S. The number of carbonyl (C=O) groups excluding carboxylic acids is 1. The van der Waals surface area contributed by atoms with Crippen LogP contribution in [0.3, 0.4) is 0 Å². The van der Waals surface area contributed by atoms with Crippen molar-refractivity contribution in [1.82, 2.24) is 5.32 Å². The van der Waals surface area contributed by atoms with E-state index in [9.17, 15) is 9.59 Å². The van der Waals surface area contributed by atoms with Crippen LogP contribution >= 0.6 is 12.6 Å². The second-order valence-electron chi connectivity index (χ2n) is 4.33. The quantitative estimate of drug-likeness (QED) is 0.573. The van der Waals surface area contributed by atoms with Gasteiger partial charge in [-0.2, -0.15) is 12.6 Å². The maximum absolute atomic E-state index is 11.5. The second-order valence-corrected chi connectivity index (χ2v) is 4.70. The molecule has 6 heteroatoms. The van der Waals surface area contributed by atoms with Gasteiger partial charge in [0.15, 0.2) is 0 Å². The molecule has 0 aliphatic carbocycles. The van der Waals surface area contributed by atoms with E-state index in [0.29, 0.717) is 13.0 Å². The number of carboxylic acids is 1. The van der Waals surface area contributed by atoms with Crippen LogP contribution in [0.2, 0.25) is 0 Å². The Balaban J connectivity index is 4.06. The molecule has 2 N–H and O–H groups in total. The molecule has 17 heavy (non-hydrogen) atoms. The molecule has 0 spiro atoms. The first kappa shape index (κ1) is 16.2. The number of hydrogen-bond donors (Lipinski definition) is 3. The first-order chi connectivity index (χ1) is 7.82. The Bertz CT molecular complexity index is 268. The van der Waals surface area contributed by atoms with Crippen LogP contribution in [0.15, 0.2) is 0 Å². The Hall–Kier alpha value is -0.750. The van der Waals surface area contributed by atoms with Gasteiger partial charge in [0.2, 0.25) is 5.91 Å². The summed E-state index contributed by atoms with van der Waals surface area (Å²) in [6.45, 7) is 6.28. The Morgan fingerprint density at radius 1 is 1.47 bits per heavy atom. The van der Waals surface area contributed by atoms with E-state index < -0.39 is 12.0 Å². The van der Waals surface area contributed by atoms with Crippen LogP contribution in [-0.4, -0.2) is 41.0 Å². The van der Waals surface area contributed by atoms with Gasteiger partial charge in [0.1, 0.15) is 6.04 Å². The summed E-state index contributed by atoms with van der Waals surface area (Å²) in [5.41, 5.74) is -0.369. The fraction of sp³-hybridized carbons (Fsp3) is 0.818. The molecule has 0 aromatic carbocycles. The fourth-order valence-electron chi connectivity index (χ4n) is 1.33. The fourth-order valence-corrected chi connectivity index (χ4v) is 1.58. The Morgan fingerprint density at radius 2 is 2.06 bits per heavy atom. The summed E-state index contributed by atoms with van der Waals surface area (Å²) in [6.07, 6.45) is 0.788. The molecule has 0 aromatic rings. The zero-order valence-electron chi connectivity index (χ0n) is 10.5. The van der Waals surface area contributed by atoms with Crippen molar-refractivity contribution in [2.75, 3.05) is 12.4 Å². The maximum Gasteiger partial charge on any atom is 0.327 e. The van der Waals surface area contributed by atoms with Crippen LogP contribution in [0.25, 0.3) is 0 Å². The summed E-state index contributed by atoms with van der Waals surface area (Å²) in [6, 6.07) is -0.930. The molecule has 0 fully saturated rings. The second kappa shape index (κ2) is 7.55. The van der Waals surface area contributed by atoms with Gasteiger partial charge in [-0.15, -0.1) is 0 Å². The highest BCUT2D eigenvalue weighted by molar-refractivity contribution is 7.80. The highest BCUT2D eigenvalue weighted by atomic mass is 32.1. The van der Waals surface area contributed by atoms with Gasteiger partial charge in [0.25, 0.3) is 0 Å². The van der Waals surface area contributed by atoms with Crippen molar-refractivity contribution >= 4 is 24.5 Å². The Kier molecular flexibility index (Phi) is 7.22. The highest BCUT2D eigenvalue weighted by Crippen LogP contribution is 2.16. The van der Waals surface area contributed by atoms with E-state index in [1.165, 1.54) is 0 Å². The van der Waals surface area contributed by atoms with Crippen molar-refractivity contribution in [2.24, 2.45) is 0 Å². The number of thiol groups is 1. The SMILES string of the molecule is CCOC(C)(C)CCC(=O)NC(CS)C(=O)O. The minimum Gasteiger partial charge on any atom is -0.480 e. The minimum atomic E-state index is -1.07. The molecule has 0 aliphatic rings. The summed E-state index contributed by atoms with van der Waals surface area (Å²) in [5, 5.41) is 11.2. The van der Waals surface area contributed by atoms with E-state index in [0.717, 1.165) is 0 Å². The zero-order valence-corrected chi connectivity index (χ0v) is 11.4. The summed E-state index contributed by atoms with van der Waals surface area (Å²) in [4.78, 5) is 22.2. The van der Waals surface area contributed by atoms with Crippen LogP contribution < -0.4 is 5.32 Å². The lowest BCUT2D eigenvalue weighted by atomic mass is 10.0. The van der Waals surface area contributed by atoms with Crippen molar-refractivity contribution < 1.29 is 19.4 Å². The molecule has 0 saturated heterocycles. The molecule has 1 atom stereocenters. The van der Waals surface area contributed by atoms with Gasteiger partial charge in [-0.1, -0.05) is 0 Å². The van der Waals surface area contributed by atoms with E-state index in [2.05, 4.69) is 17.9 Å². The summed E-state index contributed by atoms with van der Waals surface area (Å²) < 4.78 is 5.45. The number of hydrogen-bond acceptors (Lipinski definition) is 4. The number of carbonyl (C=O) groups is 2. The van der Waals surface area contributed by atoms with Crippen LogP contribution in [0.4, 0.5) is 0 Å². The van der Waals surface area contributed by atoms with Crippen molar-refractivity contribution in [3.05, 3.63) is 0 Å². The van der Waals surface area contributed by atoms with Crippen LogP contribution in [0.1, 0.15) is 33.6 Å². The molecule has 5 nitrogen and oxygen atoms in total. The molecular weight excluding hydrogens is 242 g/mol. The third-order valence-corrected chi connectivity index (χ3v) is 2.67. The average molecular weight is 263 g/mol. The monoisotopic (exact) mass is 263 g/mol. The predicted molar refractivity (Wildman–Crippen MR) is 68.4 cm³/mol. The lowest BCUT2D eigenvalue weighted by molar-refractivity contribution is -0.141. The topological polar surface area (TPSA) is 75.6 Å². The van der Waals surface area contributed by atoms with Crippen molar-refractivity contribution in [1.29, 1.82) is 0 Å². The Morgan fingerprint density at radius 3 is 2.47 bits per heavy atom. The van der Waals surface area contributed by atoms with E-state index in [1.807, 2.05) is 20.8 Å². The third kappa shape index (κ3) is 7.23. The largest absolute Gasteiger partial charge is 0.480 e. The number of carboxylic acid groups (broad SMARTS) is 1. The van der Waals surface area contributed by atoms with E-state index in [-0.39, 0.29) is 23.7 Å². The molecule has 0 saturated carbocycles. The minimum absolute atomic E-state index is 0.0793. The predicted octanol–water partition coefficient (Wildman–Crippen LogP) is 1.08. The maximum atomic E-state index is 11.5. The normalized spacial score (nSPS) is 13.2. The van der Waals surface area contributed by atoms with Crippen molar-refractivity contribution in [3.63, 3.8) is 0 Å². The molecule has 1 amide bonds. The lowest BCUT2D eigenvalue weighted by Gasteiger charge is -2.24. The van der Waals surface area contributed by atoms with Gasteiger partial charge in [0.05, 0.1) is 5.60 Å². The van der Waals surface area contributed by atoms with Gasteiger partial charge in [-0.3, -0.25) is 4.79 Å². The number of amides is 1. The number of ether oxygens (including phenoxy) is 1. The van der Waals surface area contributed by atoms with Gasteiger partial charge in [-0.05, 0) is 27.2 Å². The summed E-state index contributed by atoms with van der Waals surface area (Å²) in [5.74, 6) is -1.28. The molecule has 0 aromatic heterocycles. The molecule has 0 rings (SSSR count). The molecule has 0 radical (unpaired) electrons. The third-order valence-electron chi connectivity index (χ3n) is 2.31. The lowest BCUT2D eigenvalue weighted by Crippen LogP contribution is -2.42. The van der Waals surface area contributed by atoms with E-state index in [1.54, 1.807) is 0 Å². The standard InChI is InChI=1S/C11H21NO4S/c1-4-16-11(2,3)6-5-9(13)12-8(7-17)10(14)15/h8,17H,4-7H2,1-3H3,(H,12,13)(H,14,15). The number of aliphatic carboxylic acids is 1. The Labute approximate surface area is 107 Å². The van der Waals surface area contributed by atoms with Crippen molar-refractivity contribution in [2.45, 2.75) is 45.3 Å². The number of nitrogens with one attached hydrogen (secondary N) is 1. The first-order valence-electron chi connectivity index (χ1n) is 5.59. The smallest absolute Gasteiger partial charge is 0.327 e. The molecule has 0 aliphatic heterocycles. The van der Waals surface area contributed by atoms with Gasteiger partial charge in [-0.25, -0.2) is 4.79 Å². The first-order valence-corrected chi connectivity index (χ1v) is 6.22. The number of rotatable bonds is 8. The van der Waals surface area contributed by atoms with Gasteiger partial charge >= 0.3 is 5.97 Å². The van der Waals surface area contributed by atoms with Gasteiger partial charge in [0, 0.05) is 18.8 Å². The van der Waals surface area contributed by atoms with Crippen LogP contribution in [0.5, 0.6) is 0 Å². The molecule has 1 unspecified atom stereocenters. The van der Waals surface area contributed by atoms with Crippen molar-refractivity contribution in [3.8, 4) is 0 Å². The molecule has 0 heterocycles. The highest BCUT2D eigenvalue weighted by Gasteiger charge is 2.22. The summed E-state index contributed by atoms with van der Waals surface area (Å²) in [7, 11) is 0. The van der Waals surface area contributed by atoms with Gasteiger partial charge < -0.3 is 15.2 Å². The van der Waals surface area contributed by atoms with Crippen LogP contribution in [-0.2, 0) is 14.3 Å². The zero-order chi connectivity index (χ0) is 13.5. The average Bonchev–Trinajstić information content (AvgIpc) is 2.22. The van der Waals surface area contributed by atoms with E-state index in [4.69, 9.17) is 9.84 Å². The summed E-state index contributed by atoms with van der Waals surface area (Å²) >= 11 is 3.87. The molecule has 0 bridgehead atoms.